The van der Waals surface area contributed by atoms with E-state index in [9.17, 15) is 4.79 Å². The highest BCUT2D eigenvalue weighted by atomic mass is 16.5. The van der Waals surface area contributed by atoms with E-state index in [0.29, 0.717) is 17.2 Å². The van der Waals surface area contributed by atoms with Crippen molar-refractivity contribution in [2.45, 2.75) is 13.0 Å². The molecule has 0 saturated carbocycles. The first kappa shape index (κ1) is 18.4. The van der Waals surface area contributed by atoms with E-state index in [1.165, 1.54) is 6.08 Å². The van der Waals surface area contributed by atoms with Crippen LogP contribution in [-0.4, -0.2) is 27.2 Å². The molecule has 5 nitrogen and oxygen atoms in total. The van der Waals surface area contributed by atoms with Crippen LogP contribution in [-0.2, 0) is 4.79 Å². The first-order valence-electron chi connectivity index (χ1n) is 7.92. The maximum absolute atomic E-state index is 12.2. The minimum absolute atomic E-state index is 0.205. The topological polar surface area (TPSA) is 56.8 Å². The lowest BCUT2D eigenvalue weighted by atomic mass is 10.1. The van der Waals surface area contributed by atoms with Crippen molar-refractivity contribution in [3.05, 3.63) is 59.7 Å². The Labute approximate surface area is 148 Å². The summed E-state index contributed by atoms with van der Waals surface area (Å²) in [6.07, 6.45) is 3.21. The number of amides is 1. The highest BCUT2D eigenvalue weighted by Crippen LogP contribution is 2.29. The van der Waals surface area contributed by atoms with E-state index in [2.05, 4.69) is 5.32 Å². The van der Waals surface area contributed by atoms with Gasteiger partial charge in [-0.1, -0.05) is 18.2 Å². The zero-order valence-corrected chi connectivity index (χ0v) is 14.9. The first-order valence-corrected chi connectivity index (χ1v) is 7.92. The molecule has 0 bridgehead atoms. The average Bonchev–Trinajstić information content (AvgIpc) is 2.65. The molecule has 2 aromatic rings. The highest BCUT2D eigenvalue weighted by molar-refractivity contribution is 5.92. The van der Waals surface area contributed by atoms with Crippen LogP contribution >= 0.6 is 0 Å². The van der Waals surface area contributed by atoms with Crippen molar-refractivity contribution in [2.24, 2.45) is 0 Å². The second kappa shape index (κ2) is 8.78. The number of benzene rings is 2. The molecule has 2 rings (SSSR count). The molecule has 0 saturated heterocycles. The molecule has 0 aliphatic carbocycles. The number of ether oxygens (including phenoxy) is 3. The van der Waals surface area contributed by atoms with Crippen molar-refractivity contribution in [1.29, 1.82) is 0 Å². The third-order valence-corrected chi connectivity index (χ3v) is 3.82. The predicted molar refractivity (Wildman–Crippen MR) is 98.1 cm³/mol. The standard InChI is InChI=1S/C20H23NO4/c1-14(17-13-16(23-2)10-11-19(17)25-4)21-20(22)12-9-15-7-5-6-8-18(15)24-3/h5-14H,1-4H3,(H,21,22)/b12-9+/t14-/m0/s1. The van der Waals surface area contributed by atoms with Crippen LogP contribution in [0.2, 0.25) is 0 Å². The number of rotatable bonds is 7. The maximum Gasteiger partial charge on any atom is 0.244 e. The van der Waals surface area contributed by atoms with Gasteiger partial charge in [0.05, 0.1) is 27.4 Å². The van der Waals surface area contributed by atoms with Crippen LogP contribution in [0.1, 0.15) is 24.1 Å². The Morgan fingerprint density at radius 2 is 1.72 bits per heavy atom. The Bertz CT molecular complexity index is 755. The Hall–Kier alpha value is -2.95. The van der Waals surface area contributed by atoms with Gasteiger partial charge >= 0.3 is 0 Å². The lowest BCUT2D eigenvalue weighted by molar-refractivity contribution is -0.117. The SMILES string of the molecule is COc1ccc(OC)c([C@H](C)NC(=O)/C=C/c2ccccc2OC)c1. The van der Waals surface area contributed by atoms with Gasteiger partial charge < -0.3 is 19.5 Å². The van der Waals surface area contributed by atoms with Gasteiger partial charge in [-0.05, 0) is 37.3 Å². The van der Waals surface area contributed by atoms with Gasteiger partial charge in [0.15, 0.2) is 0 Å². The zero-order chi connectivity index (χ0) is 18.2. The quantitative estimate of drug-likeness (QED) is 0.782. The third kappa shape index (κ3) is 4.76. The molecule has 0 aliphatic heterocycles. The fourth-order valence-corrected chi connectivity index (χ4v) is 2.49. The van der Waals surface area contributed by atoms with E-state index >= 15 is 0 Å². The average molecular weight is 341 g/mol. The van der Waals surface area contributed by atoms with Crippen molar-refractivity contribution in [1.82, 2.24) is 5.32 Å². The number of methoxy groups -OCH3 is 3. The molecule has 25 heavy (non-hydrogen) atoms. The van der Waals surface area contributed by atoms with Gasteiger partial charge in [-0.25, -0.2) is 0 Å². The summed E-state index contributed by atoms with van der Waals surface area (Å²) in [5.41, 5.74) is 1.69. The molecule has 0 aliphatic rings. The monoisotopic (exact) mass is 341 g/mol. The van der Waals surface area contributed by atoms with Crippen LogP contribution < -0.4 is 19.5 Å². The second-order valence-corrected chi connectivity index (χ2v) is 5.41. The minimum atomic E-state index is -0.236. The molecule has 1 atom stereocenters. The van der Waals surface area contributed by atoms with E-state index in [4.69, 9.17) is 14.2 Å². The number of para-hydroxylation sites is 1. The Balaban J connectivity index is 2.11. The molecule has 0 fully saturated rings. The van der Waals surface area contributed by atoms with Crippen LogP contribution in [0.3, 0.4) is 0 Å². The molecular formula is C20H23NO4. The van der Waals surface area contributed by atoms with Crippen LogP contribution in [0, 0.1) is 0 Å². The number of hydrogen-bond donors (Lipinski definition) is 1. The zero-order valence-electron chi connectivity index (χ0n) is 14.9. The number of carbonyl (C=O) groups is 1. The highest BCUT2D eigenvalue weighted by Gasteiger charge is 2.14. The van der Waals surface area contributed by atoms with Crippen molar-refractivity contribution in [3.8, 4) is 17.2 Å². The largest absolute Gasteiger partial charge is 0.497 e. The Kier molecular flexibility index (Phi) is 6.46. The van der Waals surface area contributed by atoms with E-state index < -0.39 is 0 Å². The fraction of sp³-hybridized carbons (Fsp3) is 0.250. The normalized spacial score (nSPS) is 11.8. The van der Waals surface area contributed by atoms with E-state index in [1.807, 2.05) is 49.4 Å². The van der Waals surface area contributed by atoms with Gasteiger partial charge in [0.25, 0.3) is 0 Å². The smallest absolute Gasteiger partial charge is 0.244 e. The van der Waals surface area contributed by atoms with E-state index in [-0.39, 0.29) is 11.9 Å². The van der Waals surface area contributed by atoms with E-state index in [1.54, 1.807) is 27.4 Å². The van der Waals surface area contributed by atoms with Gasteiger partial charge in [-0.3, -0.25) is 4.79 Å². The van der Waals surface area contributed by atoms with E-state index in [0.717, 1.165) is 11.1 Å². The molecule has 0 spiro atoms. The summed E-state index contributed by atoms with van der Waals surface area (Å²) in [4.78, 5) is 12.2. The molecule has 0 heterocycles. The molecule has 2 aromatic carbocycles. The molecule has 132 valence electrons. The van der Waals surface area contributed by atoms with Crippen LogP contribution in [0.25, 0.3) is 6.08 Å². The van der Waals surface area contributed by atoms with Crippen molar-refractivity contribution in [3.63, 3.8) is 0 Å². The lowest BCUT2D eigenvalue weighted by Crippen LogP contribution is -2.25. The number of carbonyl (C=O) groups excluding carboxylic acids is 1. The molecular weight excluding hydrogens is 318 g/mol. The Morgan fingerprint density at radius 3 is 2.40 bits per heavy atom. The summed E-state index contributed by atoms with van der Waals surface area (Å²) in [5, 5.41) is 2.93. The summed E-state index contributed by atoms with van der Waals surface area (Å²) in [6, 6.07) is 12.8. The van der Waals surface area contributed by atoms with Gasteiger partial charge in [0.1, 0.15) is 17.2 Å². The Morgan fingerprint density at radius 1 is 1.00 bits per heavy atom. The molecule has 1 amide bonds. The molecule has 0 radical (unpaired) electrons. The van der Waals surface area contributed by atoms with Crippen LogP contribution in [0.15, 0.2) is 48.5 Å². The fourth-order valence-electron chi connectivity index (χ4n) is 2.49. The lowest BCUT2D eigenvalue weighted by Gasteiger charge is -2.17. The van der Waals surface area contributed by atoms with Gasteiger partial charge in [-0.2, -0.15) is 0 Å². The third-order valence-electron chi connectivity index (χ3n) is 3.82. The first-order chi connectivity index (χ1) is 12.1. The van der Waals surface area contributed by atoms with Gasteiger partial charge in [-0.15, -0.1) is 0 Å². The van der Waals surface area contributed by atoms with Crippen LogP contribution in [0.5, 0.6) is 17.2 Å². The molecule has 1 N–H and O–H groups in total. The minimum Gasteiger partial charge on any atom is -0.497 e. The summed E-state index contributed by atoms with van der Waals surface area (Å²) in [5.74, 6) is 1.92. The van der Waals surface area contributed by atoms with Gasteiger partial charge in [0.2, 0.25) is 5.91 Å². The number of hydrogen-bond acceptors (Lipinski definition) is 4. The van der Waals surface area contributed by atoms with Crippen molar-refractivity contribution < 1.29 is 19.0 Å². The summed E-state index contributed by atoms with van der Waals surface area (Å²) in [6.45, 7) is 1.89. The second-order valence-electron chi connectivity index (χ2n) is 5.41. The van der Waals surface area contributed by atoms with Crippen molar-refractivity contribution >= 4 is 12.0 Å². The number of nitrogens with one attached hydrogen (secondary N) is 1. The molecule has 5 heteroatoms. The molecule has 0 aromatic heterocycles. The van der Waals surface area contributed by atoms with Gasteiger partial charge in [0, 0.05) is 17.2 Å². The van der Waals surface area contributed by atoms with Crippen LogP contribution in [0.4, 0.5) is 0 Å². The summed E-state index contributed by atoms with van der Waals surface area (Å²) in [7, 11) is 4.80. The summed E-state index contributed by atoms with van der Waals surface area (Å²) < 4.78 is 15.9. The maximum atomic E-state index is 12.2. The summed E-state index contributed by atoms with van der Waals surface area (Å²) >= 11 is 0. The molecule has 0 unspecified atom stereocenters. The van der Waals surface area contributed by atoms with Crippen molar-refractivity contribution in [2.75, 3.05) is 21.3 Å². The predicted octanol–water partition coefficient (Wildman–Crippen LogP) is 3.60.